The largest absolute Gasteiger partial charge is 0.441 e. The van der Waals surface area contributed by atoms with Crippen molar-refractivity contribution in [1.82, 2.24) is 25.0 Å². The molecule has 37 heavy (non-hydrogen) atoms. The van der Waals surface area contributed by atoms with Crippen molar-refractivity contribution in [1.29, 1.82) is 5.26 Å². The molecular formula is C25H25ClN8O3. The number of nitriles is 1. The fourth-order valence-corrected chi connectivity index (χ4v) is 5.40. The summed E-state index contributed by atoms with van der Waals surface area (Å²) in [6, 6.07) is 8.99. The van der Waals surface area contributed by atoms with E-state index in [1.165, 1.54) is 17.3 Å². The number of ether oxygens (including phenoxy) is 1. The van der Waals surface area contributed by atoms with Crippen LogP contribution in [0.5, 0.6) is 0 Å². The van der Waals surface area contributed by atoms with E-state index in [-0.39, 0.29) is 22.3 Å². The maximum atomic E-state index is 12.9. The van der Waals surface area contributed by atoms with Crippen molar-refractivity contribution < 1.29 is 14.3 Å². The van der Waals surface area contributed by atoms with Crippen LogP contribution in [0.2, 0.25) is 5.15 Å². The van der Waals surface area contributed by atoms with Gasteiger partial charge >= 0.3 is 6.09 Å². The fourth-order valence-electron chi connectivity index (χ4n) is 5.13. The van der Waals surface area contributed by atoms with Gasteiger partial charge in [-0.2, -0.15) is 5.26 Å². The van der Waals surface area contributed by atoms with Gasteiger partial charge in [0.1, 0.15) is 16.7 Å². The van der Waals surface area contributed by atoms with E-state index in [2.05, 4.69) is 37.0 Å². The summed E-state index contributed by atoms with van der Waals surface area (Å²) in [4.78, 5) is 33.8. The van der Waals surface area contributed by atoms with Crippen LogP contribution < -0.4 is 10.6 Å². The monoisotopic (exact) mass is 520 g/mol. The zero-order valence-electron chi connectivity index (χ0n) is 20.4. The van der Waals surface area contributed by atoms with Crippen LogP contribution in [0.25, 0.3) is 11.4 Å². The third-order valence-corrected chi connectivity index (χ3v) is 7.55. The number of hydrogen-bond donors (Lipinski definition) is 2. The molecule has 2 amide bonds. The highest BCUT2D eigenvalue weighted by Crippen LogP contribution is 2.64. The lowest BCUT2D eigenvalue weighted by molar-refractivity contribution is -0.140. The van der Waals surface area contributed by atoms with Crippen LogP contribution in [0, 0.1) is 22.2 Å². The SMILES string of the molecule is C[C@@H](OC(=O)Nc1c(-c2ccc(NC(=O)C3(C#N)CC4(CCC4)C3)cn2)nnn1C)c1cccnc1Cl. The van der Waals surface area contributed by atoms with Gasteiger partial charge in [0, 0.05) is 18.8 Å². The molecule has 0 saturated heterocycles. The van der Waals surface area contributed by atoms with E-state index < -0.39 is 17.6 Å². The number of nitrogens with one attached hydrogen (secondary N) is 2. The molecule has 0 aliphatic heterocycles. The zero-order chi connectivity index (χ0) is 26.2. The smallest absolute Gasteiger partial charge is 0.413 e. The minimum absolute atomic E-state index is 0.188. The van der Waals surface area contributed by atoms with Crippen LogP contribution in [0.1, 0.15) is 50.7 Å². The number of aryl methyl sites for hydroxylation is 1. The highest BCUT2D eigenvalue weighted by molar-refractivity contribution is 6.30. The number of pyridine rings is 2. The molecule has 5 rings (SSSR count). The van der Waals surface area contributed by atoms with Crippen LogP contribution in [0.4, 0.5) is 16.3 Å². The Bertz CT molecular complexity index is 1390. The second-order valence-electron chi connectivity index (χ2n) is 9.75. The van der Waals surface area contributed by atoms with Crippen LogP contribution >= 0.6 is 11.6 Å². The minimum atomic E-state index is -0.974. The lowest BCUT2D eigenvalue weighted by Crippen LogP contribution is -2.55. The second kappa shape index (κ2) is 9.44. The molecule has 11 nitrogen and oxygen atoms in total. The summed E-state index contributed by atoms with van der Waals surface area (Å²) >= 11 is 6.09. The summed E-state index contributed by atoms with van der Waals surface area (Å²) in [7, 11) is 1.62. The molecule has 2 aliphatic carbocycles. The molecule has 2 saturated carbocycles. The van der Waals surface area contributed by atoms with Gasteiger partial charge in [-0.15, -0.1) is 5.10 Å². The predicted molar refractivity (Wildman–Crippen MR) is 134 cm³/mol. The Hall–Kier alpha value is -4.04. The molecule has 2 N–H and O–H groups in total. The topological polar surface area (TPSA) is 148 Å². The summed E-state index contributed by atoms with van der Waals surface area (Å²) < 4.78 is 6.84. The lowest BCUT2D eigenvalue weighted by atomic mass is 9.45. The molecule has 3 heterocycles. The quantitative estimate of drug-likeness (QED) is 0.446. The minimum Gasteiger partial charge on any atom is -0.441 e. The fraction of sp³-hybridized carbons (Fsp3) is 0.400. The molecule has 0 bridgehead atoms. The number of amides is 2. The van der Waals surface area contributed by atoms with Crippen molar-refractivity contribution in [2.45, 2.75) is 45.1 Å². The Morgan fingerprint density at radius 2 is 2.00 bits per heavy atom. The molecular weight excluding hydrogens is 496 g/mol. The van der Waals surface area contributed by atoms with E-state index in [1.807, 2.05) is 0 Å². The first-order chi connectivity index (χ1) is 17.7. The van der Waals surface area contributed by atoms with Crippen molar-refractivity contribution in [3.8, 4) is 17.5 Å². The van der Waals surface area contributed by atoms with Gasteiger partial charge in [-0.25, -0.2) is 14.5 Å². The van der Waals surface area contributed by atoms with E-state index in [0.717, 1.165) is 12.8 Å². The first kappa shape index (κ1) is 24.6. The Morgan fingerprint density at radius 1 is 1.22 bits per heavy atom. The third kappa shape index (κ3) is 4.60. The molecule has 12 heteroatoms. The standard InChI is InChI=1S/C25H25ClN8O3/c1-15(17-5-3-10-28-20(17)26)37-23(36)31-21-19(32-33-34(21)2)18-7-6-16(11-29-18)30-22(35)25(14-27)12-24(13-25)8-4-9-24/h3,5-7,10-11,15H,4,8-9,12-13H2,1-2H3,(H,30,35)(H,31,36)/t15-/m1/s1. The van der Waals surface area contributed by atoms with Crippen molar-refractivity contribution >= 4 is 35.1 Å². The molecule has 0 aromatic carbocycles. The number of anilines is 2. The Morgan fingerprint density at radius 3 is 2.62 bits per heavy atom. The van der Waals surface area contributed by atoms with E-state index >= 15 is 0 Å². The molecule has 2 aliphatic rings. The zero-order valence-corrected chi connectivity index (χ0v) is 21.1. The summed E-state index contributed by atoms with van der Waals surface area (Å²) in [5.41, 5.74) is 1.01. The summed E-state index contributed by atoms with van der Waals surface area (Å²) in [5, 5.41) is 23.5. The van der Waals surface area contributed by atoms with Gasteiger partial charge < -0.3 is 10.1 Å². The Labute approximate surface area is 218 Å². The number of nitrogens with zero attached hydrogens (tertiary/aromatic N) is 6. The summed E-state index contributed by atoms with van der Waals surface area (Å²) in [5.74, 6) is -0.0167. The molecule has 0 radical (unpaired) electrons. The molecule has 3 aromatic rings. The van der Waals surface area contributed by atoms with Crippen molar-refractivity contribution in [2.24, 2.45) is 17.9 Å². The van der Waals surface area contributed by atoms with E-state index in [4.69, 9.17) is 16.3 Å². The van der Waals surface area contributed by atoms with E-state index in [0.29, 0.717) is 35.5 Å². The number of aromatic nitrogens is 5. The summed E-state index contributed by atoms with van der Waals surface area (Å²) in [6.45, 7) is 1.69. The van der Waals surface area contributed by atoms with Gasteiger partial charge in [-0.3, -0.25) is 15.1 Å². The van der Waals surface area contributed by atoms with Gasteiger partial charge in [-0.1, -0.05) is 29.3 Å². The highest BCUT2D eigenvalue weighted by atomic mass is 35.5. The lowest BCUT2D eigenvalue weighted by Gasteiger charge is -2.57. The van der Waals surface area contributed by atoms with E-state index in [1.54, 1.807) is 44.4 Å². The maximum absolute atomic E-state index is 12.9. The summed E-state index contributed by atoms with van der Waals surface area (Å²) in [6.07, 6.45) is 6.26. The van der Waals surface area contributed by atoms with Crippen LogP contribution in [0.15, 0.2) is 36.7 Å². The Kier molecular flexibility index (Phi) is 6.29. The molecule has 1 spiro atoms. The van der Waals surface area contributed by atoms with Gasteiger partial charge in [0.2, 0.25) is 5.91 Å². The van der Waals surface area contributed by atoms with Crippen molar-refractivity contribution in [3.05, 3.63) is 47.4 Å². The third-order valence-electron chi connectivity index (χ3n) is 7.24. The van der Waals surface area contributed by atoms with Gasteiger partial charge in [0.05, 0.1) is 23.6 Å². The average molecular weight is 521 g/mol. The number of carbonyl (C=O) groups is 2. The normalized spacial score (nSPS) is 17.6. The first-order valence-electron chi connectivity index (χ1n) is 11.9. The molecule has 1 atom stereocenters. The number of carbonyl (C=O) groups excluding carboxylic acids is 2. The van der Waals surface area contributed by atoms with Crippen molar-refractivity contribution in [2.75, 3.05) is 10.6 Å². The molecule has 0 unspecified atom stereocenters. The second-order valence-corrected chi connectivity index (χ2v) is 10.1. The average Bonchev–Trinajstić information content (AvgIpc) is 3.18. The Balaban J connectivity index is 1.25. The maximum Gasteiger partial charge on any atom is 0.413 e. The molecule has 190 valence electrons. The van der Waals surface area contributed by atoms with Crippen LogP contribution in [-0.4, -0.2) is 37.0 Å². The predicted octanol–water partition coefficient (Wildman–Crippen LogP) is 4.65. The van der Waals surface area contributed by atoms with Gasteiger partial charge in [0.15, 0.2) is 11.5 Å². The van der Waals surface area contributed by atoms with Crippen LogP contribution in [0.3, 0.4) is 0 Å². The molecule has 2 fully saturated rings. The highest BCUT2D eigenvalue weighted by Gasteiger charge is 2.61. The van der Waals surface area contributed by atoms with Crippen LogP contribution in [-0.2, 0) is 16.6 Å². The first-order valence-corrected chi connectivity index (χ1v) is 12.3. The number of hydrogen-bond acceptors (Lipinski definition) is 8. The number of halogens is 1. The van der Waals surface area contributed by atoms with Crippen molar-refractivity contribution in [3.63, 3.8) is 0 Å². The number of rotatable bonds is 6. The van der Waals surface area contributed by atoms with Gasteiger partial charge in [0.25, 0.3) is 0 Å². The van der Waals surface area contributed by atoms with E-state index in [9.17, 15) is 14.9 Å². The molecule has 3 aromatic heterocycles. The van der Waals surface area contributed by atoms with Gasteiger partial charge in [-0.05, 0) is 56.2 Å².